The highest BCUT2D eigenvalue weighted by Gasteiger charge is 2.09. The summed E-state index contributed by atoms with van der Waals surface area (Å²) < 4.78 is 10.7. The maximum absolute atomic E-state index is 7.31. The van der Waals surface area contributed by atoms with Crippen LogP contribution in [0.1, 0.15) is 19.5 Å². The van der Waals surface area contributed by atoms with Crippen molar-refractivity contribution in [3.63, 3.8) is 0 Å². The molecule has 1 rings (SSSR count). The molecule has 0 aromatic carbocycles. The predicted molar refractivity (Wildman–Crippen MR) is 78.2 cm³/mol. The lowest BCUT2D eigenvalue weighted by Gasteiger charge is -2.23. The number of anilines is 1. The molecule has 0 unspecified atom stereocenters. The summed E-state index contributed by atoms with van der Waals surface area (Å²) in [5, 5.41) is 7.31. The Morgan fingerprint density at radius 1 is 1.15 bits per heavy atom. The predicted octanol–water partition coefficient (Wildman–Crippen LogP) is 0.640. The first-order chi connectivity index (χ1) is 9.69. The summed E-state index contributed by atoms with van der Waals surface area (Å²) >= 11 is 0. The normalized spacial score (nSPS) is 10.5. The fourth-order valence-electron chi connectivity index (χ4n) is 1.60. The van der Waals surface area contributed by atoms with Gasteiger partial charge in [0.05, 0.1) is 25.6 Å². The van der Waals surface area contributed by atoms with E-state index in [1.54, 1.807) is 6.20 Å². The highest BCUT2D eigenvalue weighted by Crippen LogP contribution is 2.08. The van der Waals surface area contributed by atoms with Gasteiger partial charge in [0.15, 0.2) is 0 Å². The van der Waals surface area contributed by atoms with Crippen molar-refractivity contribution in [2.45, 2.75) is 13.8 Å². The van der Waals surface area contributed by atoms with E-state index in [0.717, 1.165) is 18.9 Å². The summed E-state index contributed by atoms with van der Waals surface area (Å²) in [7, 11) is 0. The van der Waals surface area contributed by atoms with E-state index in [-0.39, 0.29) is 5.84 Å². The van der Waals surface area contributed by atoms with Crippen LogP contribution >= 0.6 is 0 Å². The fourth-order valence-corrected chi connectivity index (χ4v) is 1.60. The van der Waals surface area contributed by atoms with Crippen LogP contribution < -0.4 is 10.6 Å². The van der Waals surface area contributed by atoms with Crippen LogP contribution in [0.2, 0.25) is 0 Å². The Labute approximate surface area is 119 Å². The first kappa shape index (κ1) is 16.3. The van der Waals surface area contributed by atoms with Gasteiger partial charge < -0.3 is 20.1 Å². The molecule has 0 fully saturated rings. The molecule has 0 spiro atoms. The molecule has 7 nitrogen and oxygen atoms in total. The van der Waals surface area contributed by atoms with Gasteiger partial charge in [-0.25, -0.2) is 9.97 Å². The average Bonchev–Trinajstić information content (AvgIpc) is 2.46. The van der Waals surface area contributed by atoms with Crippen molar-refractivity contribution in [2.24, 2.45) is 5.73 Å². The molecule has 0 radical (unpaired) electrons. The summed E-state index contributed by atoms with van der Waals surface area (Å²) in [6, 6.07) is 0. The highest BCUT2D eigenvalue weighted by atomic mass is 16.5. The number of hydrogen-bond acceptors (Lipinski definition) is 6. The summed E-state index contributed by atoms with van der Waals surface area (Å²) in [5.41, 5.74) is 5.74. The van der Waals surface area contributed by atoms with Crippen LogP contribution in [0.5, 0.6) is 0 Å². The Bertz CT molecular complexity index is 386. The molecule has 0 saturated carbocycles. The van der Waals surface area contributed by atoms with E-state index in [2.05, 4.69) is 9.97 Å². The number of aromatic nitrogens is 2. The third-order valence-electron chi connectivity index (χ3n) is 2.66. The molecule has 0 aliphatic heterocycles. The van der Waals surface area contributed by atoms with Crippen LogP contribution in [0, 0.1) is 5.41 Å². The quantitative estimate of drug-likeness (QED) is 0.371. The first-order valence-corrected chi connectivity index (χ1v) is 6.75. The number of nitrogens with one attached hydrogen (secondary N) is 1. The van der Waals surface area contributed by atoms with E-state index in [4.69, 9.17) is 20.6 Å². The molecule has 1 aromatic rings. The molecular weight excluding hydrogens is 258 g/mol. The molecule has 0 bridgehead atoms. The minimum absolute atomic E-state index is 0.0840. The van der Waals surface area contributed by atoms with Gasteiger partial charge in [0.25, 0.3) is 0 Å². The van der Waals surface area contributed by atoms with E-state index < -0.39 is 0 Å². The average molecular weight is 281 g/mol. The van der Waals surface area contributed by atoms with Gasteiger partial charge in [-0.05, 0) is 13.8 Å². The topological polar surface area (TPSA) is 97.4 Å². The third kappa shape index (κ3) is 5.50. The van der Waals surface area contributed by atoms with Crippen molar-refractivity contribution in [3.8, 4) is 0 Å². The second-order valence-corrected chi connectivity index (χ2v) is 4.05. The van der Waals surface area contributed by atoms with Crippen LogP contribution in [0.4, 0.5) is 5.82 Å². The SMILES string of the molecule is CCOCCN(CCOCC)c1cnc(C(=N)N)cn1. The molecule has 20 heavy (non-hydrogen) atoms. The lowest BCUT2D eigenvalue weighted by atomic mass is 10.4. The number of hydrogen-bond donors (Lipinski definition) is 2. The molecule has 0 saturated heterocycles. The van der Waals surface area contributed by atoms with Gasteiger partial charge in [-0.3, -0.25) is 5.41 Å². The molecule has 0 aliphatic carbocycles. The largest absolute Gasteiger partial charge is 0.382 e. The summed E-state index contributed by atoms with van der Waals surface area (Å²) in [6.45, 7) is 7.99. The van der Waals surface area contributed by atoms with Crippen molar-refractivity contribution < 1.29 is 9.47 Å². The van der Waals surface area contributed by atoms with Gasteiger partial charge >= 0.3 is 0 Å². The minimum Gasteiger partial charge on any atom is -0.382 e. The Balaban J connectivity index is 2.66. The van der Waals surface area contributed by atoms with E-state index in [1.807, 2.05) is 18.7 Å². The zero-order valence-electron chi connectivity index (χ0n) is 12.1. The van der Waals surface area contributed by atoms with Gasteiger partial charge in [0.2, 0.25) is 0 Å². The van der Waals surface area contributed by atoms with E-state index >= 15 is 0 Å². The van der Waals surface area contributed by atoms with Gasteiger partial charge in [-0.2, -0.15) is 0 Å². The summed E-state index contributed by atoms with van der Waals surface area (Å²) in [4.78, 5) is 10.5. The Morgan fingerprint density at radius 3 is 2.15 bits per heavy atom. The van der Waals surface area contributed by atoms with Crippen molar-refractivity contribution in [1.29, 1.82) is 5.41 Å². The lowest BCUT2D eigenvalue weighted by Crippen LogP contribution is -2.32. The van der Waals surface area contributed by atoms with Gasteiger partial charge in [0, 0.05) is 26.3 Å². The Kier molecular flexibility index (Phi) is 7.52. The summed E-state index contributed by atoms with van der Waals surface area (Å²) in [6.07, 6.45) is 3.13. The number of nitrogen functional groups attached to an aromatic ring is 1. The number of rotatable bonds is 10. The molecule has 1 aromatic heterocycles. The summed E-state index contributed by atoms with van der Waals surface area (Å²) in [5.74, 6) is 0.647. The van der Waals surface area contributed by atoms with Crippen LogP contribution in [0.15, 0.2) is 12.4 Å². The molecule has 1 heterocycles. The van der Waals surface area contributed by atoms with Crippen molar-refractivity contribution in [3.05, 3.63) is 18.1 Å². The lowest BCUT2D eigenvalue weighted by molar-refractivity contribution is 0.141. The Morgan fingerprint density at radius 2 is 1.75 bits per heavy atom. The van der Waals surface area contributed by atoms with Crippen molar-refractivity contribution >= 4 is 11.7 Å². The second kappa shape index (κ2) is 9.22. The van der Waals surface area contributed by atoms with Gasteiger partial charge in [-0.15, -0.1) is 0 Å². The van der Waals surface area contributed by atoms with E-state index in [0.29, 0.717) is 32.1 Å². The molecule has 112 valence electrons. The smallest absolute Gasteiger partial charge is 0.147 e. The molecule has 3 N–H and O–H groups in total. The molecule has 7 heteroatoms. The first-order valence-electron chi connectivity index (χ1n) is 6.75. The van der Waals surface area contributed by atoms with Gasteiger partial charge in [0.1, 0.15) is 17.3 Å². The Hall–Kier alpha value is -1.73. The van der Waals surface area contributed by atoms with Crippen LogP contribution in [0.25, 0.3) is 0 Å². The van der Waals surface area contributed by atoms with Crippen LogP contribution in [0.3, 0.4) is 0 Å². The zero-order chi connectivity index (χ0) is 14.8. The molecule has 0 atom stereocenters. The second-order valence-electron chi connectivity index (χ2n) is 4.05. The molecular formula is C13H23N5O2. The molecule has 0 amide bonds. The number of nitrogens with two attached hydrogens (primary N) is 1. The maximum atomic E-state index is 7.31. The zero-order valence-corrected chi connectivity index (χ0v) is 12.1. The monoisotopic (exact) mass is 281 g/mol. The molecule has 0 aliphatic rings. The van der Waals surface area contributed by atoms with Crippen molar-refractivity contribution in [1.82, 2.24) is 9.97 Å². The van der Waals surface area contributed by atoms with E-state index in [1.165, 1.54) is 6.20 Å². The number of amidine groups is 1. The number of ether oxygens (including phenoxy) is 2. The standard InChI is InChI=1S/C13H23N5O2/c1-3-19-7-5-18(6-8-20-4-2)12-10-16-11(9-17-12)13(14)15/h9-10H,3-8H2,1-2H3,(H3,14,15). The van der Waals surface area contributed by atoms with Crippen LogP contribution in [-0.4, -0.2) is 55.3 Å². The number of nitrogens with zero attached hydrogens (tertiary/aromatic N) is 3. The third-order valence-corrected chi connectivity index (χ3v) is 2.66. The van der Waals surface area contributed by atoms with E-state index in [9.17, 15) is 0 Å². The maximum Gasteiger partial charge on any atom is 0.147 e. The highest BCUT2D eigenvalue weighted by molar-refractivity contribution is 5.92. The minimum atomic E-state index is -0.0840. The van der Waals surface area contributed by atoms with Crippen LogP contribution in [-0.2, 0) is 9.47 Å². The van der Waals surface area contributed by atoms with Gasteiger partial charge in [-0.1, -0.05) is 0 Å². The van der Waals surface area contributed by atoms with Crippen molar-refractivity contribution in [2.75, 3.05) is 44.4 Å². The fraction of sp³-hybridized carbons (Fsp3) is 0.615.